The van der Waals surface area contributed by atoms with E-state index in [9.17, 15) is 14.9 Å². The minimum atomic E-state index is -0.299. The van der Waals surface area contributed by atoms with Gasteiger partial charge in [0.2, 0.25) is 5.70 Å². The van der Waals surface area contributed by atoms with E-state index < -0.39 is 0 Å². The van der Waals surface area contributed by atoms with Crippen molar-refractivity contribution < 1.29 is 9.72 Å². The Morgan fingerprint density at radius 3 is 2.15 bits per heavy atom. The van der Waals surface area contributed by atoms with Crippen LogP contribution in [0.25, 0.3) is 0 Å². The summed E-state index contributed by atoms with van der Waals surface area (Å²) in [6, 6.07) is 0. The first-order valence-electron chi connectivity index (χ1n) is 9.85. The Labute approximate surface area is 158 Å². The Kier molecular flexibility index (Phi) is 17.9. The number of nitrogens with zero attached hydrogens (tertiary/aromatic N) is 1. The van der Waals surface area contributed by atoms with Gasteiger partial charge in [-0.3, -0.25) is 14.9 Å². The van der Waals surface area contributed by atoms with E-state index in [-0.39, 0.29) is 10.6 Å². The minimum Gasteiger partial charge on any atom is -0.291 e. The standard InChI is InChI=1S/C22H34NO3/c1-2-3-4-5-6-7-8-9-10-11-12-13-16-19-22(23(25)26)20-17-14-15-18-21-24/h6-7,9-10,12-13,19H,2-5,8,11,14-18,20H2,1H3/b7-6+,10-9+,13-12+,22-19-. The van der Waals surface area contributed by atoms with Crippen molar-refractivity contribution >= 4 is 6.29 Å². The van der Waals surface area contributed by atoms with E-state index in [1.165, 1.54) is 25.7 Å². The molecule has 0 aromatic carbocycles. The molecule has 0 aliphatic carbocycles. The monoisotopic (exact) mass is 360 g/mol. The fourth-order valence-corrected chi connectivity index (χ4v) is 2.42. The largest absolute Gasteiger partial charge is 0.291 e. The van der Waals surface area contributed by atoms with Crippen molar-refractivity contribution in [2.75, 3.05) is 0 Å². The smallest absolute Gasteiger partial charge is 0.242 e. The molecule has 0 N–H and O–H groups in total. The van der Waals surface area contributed by atoms with Crippen molar-refractivity contribution in [1.29, 1.82) is 0 Å². The third kappa shape index (κ3) is 16.9. The number of carbonyl (C=O) groups excluding carboxylic acids is 1. The molecule has 0 saturated carbocycles. The number of unbranched alkanes of at least 4 members (excludes halogenated alkanes) is 6. The molecule has 4 heteroatoms. The number of hydrogen-bond donors (Lipinski definition) is 0. The Hall–Kier alpha value is -1.97. The van der Waals surface area contributed by atoms with Gasteiger partial charge in [0.05, 0.1) is 4.92 Å². The summed E-state index contributed by atoms with van der Waals surface area (Å²) in [5.74, 6) is 0. The maximum Gasteiger partial charge on any atom is 0.242 e. The van der Waals surface area contributed by atoms with Crippen LogP contribution in [0.1, 0.15) is 84.0 Å². The summed E-state index contributed by atoms with van der Waals surface area (Å²) < 4.78 is 0. The van der Waals surface area contributed by atoms with Crippen LogP contribution in [0.15, 0.2) is 48.2 Å². The van der Waals surface area contributed by atoms with Crippen molar-refractivity contribution in [2.45, 2.75) is 84.0 Å². The molecule has 0 amide bonds. The van der Waals surface area contributed by atoms with Gasteiger partial charge >= 0.3 is 0 Å². The summed E-state index contributed by atoms with van der Waals surface area (Å²) >= 11 is 0. The first kappa shape index (κ1) is 24.0. The second kappa shape index (κ2) is 19.4. The van der Waals surface area contributed by atoms with E-state index in [0.29, 0.717) is 19.3 Å². The van der Waals surface area contributed by atoms with Gasteiger partial charge in [0.15, 0.2) is 6.29 Å². The van der Waals surface area contributed by atoms with Crippen LogP contribution in [0.4, 0.5) is 0 Å². The molecule has 0 aliphatic heterocycles. The normalized spacial score (nSPS) is 12.6. The molecule has 4 nitrogen and oxygen atoms in total. The zero-order valence-corrected chi connectivity index (χ0v) is 16.2. The number of nitro groups is 1. The van der Waals surface area contributed by atoms with Crippen molar-refractivity contribution in [2.24, 2.45) is 0 Å². The molecule has 0 aromatic heterocycles. The lowest BCUT2D eigenvalue weighted by Crippen LogP contribution is -1.98. The van der Waals surface area contributed by atoms with Gasteiger partial charge in [-0.25, -0.2) is 0 Å². The van der Waals surface area contributed by atoms with Gasteiger partial charge < -0.3 is 0 Å². The fourth-order valence-electron chi connectivity index (χ4n) is 2.42. The molecule has 0 bridgehead atoms. The van der Waals surface area contributed by atoms with Crippen molar-refractivity contribution in [3.63, 3.8) is 0 Å². The molecule has 0 atom stereocenters. The molecule has 0 rings (SSSR count). The van der Waals surface area contributed by atoms with Gasteiger partial charge in [0, 0.05) is 12.8 Å². The maximum atomic E-state index is 11.0. The first-order chi connectivity index (χ1) is 12.7. The molecule has 0 aromatic rings. The summed E-state index contributed by atoms with van der Waals surface area (Å²) in [5.41, 5.74) is 0.272. The highest BCUT2D eigenvalue weighted by Crippen LogP contribution is 2.11. The van der Waals surface area contributed by atoms with Gasteiger partial charge in [-0.05, 0) is 51.0 Å². The van der Waals surface area contributed by atoms with Gasteiger partial charge in [-0.15, -0.1) is 0 Å². The van der Waals surface area contributed by atoms with Crippen LogP contribution < -0.4 is 0 Å². The Morgan fingerprint density at radius 2 is 1.54 bits per heavy atom. The van der Waals surface area contributed by atoms with E-state index in [4.69, 9.17) is 0 Å². The molecule has 1 radical (unpaired) electrons. The highest BCUT2D eigenvalue weighted by Gasteiger charge is 2.08. The van der Waals surface area contributed by atoms with Crippen LogP contribution in [0.2, 0.25) is 0 Å². The quantitative estimate of drug-likeness (QED) is 0.127. The van der Waals surface area contributed by atoms with Crippen molar-refractivity contribution in [3.8, 4) is 0 Å². The average molecular weight is 361 g/mol. The van der Waals surface area contributed by atoms with E-state index in [0.717, 1.165) is 32.1 Å². The maximum absolute atomic E-state index is 11.0. The molecule has 0 fully saturated rings. The fraction of sp³-hybridized carbons (Fsp3) is 0.591. The highest BCUT2D eigenvalue weighted by molar-refractivity contribution is 5.50. The molecule has 26 heavy (non-hydrogen) atoms. The molecular weight excluding hydrogens is 326 g/mol. The lowest BCUT2D eigenvalue weighted by molar-refractivity contribution is -0.428. The van der Waals surface area contributed by atoms with Crippen molar-refractivity contribution in [3.05, 3.63) is 58.3 Å². The van der Waals surface area contributed by atoms with Crippen LogP contribution >= 0.6 is 0 Å². The lowest BCUT2D eigenvalue weighted by Gasteiger charge is -1.98. The zero-order valence-electron chi connectivity index (χ0n) is 16.2. The zero-order chi connectivity index (χ0) is 19.3. The third-order valence-corrected chi connectivity index (χ3v) is 3.95. The van der Waals surface area contributed by atoms with Gasteiger partial charge in [-0.2, -0.15) is 0 Å². The summed E-state index contributed by atoms with van der Waals surface area (Å²) in [5, 5.41) is 11.0. The Balaban J connectivity index is 3.87. The molecule has 0 heterocycles. The summed E-state index contributed by atoms with van der Waals surface area (Å²) in [6.45, 7) is 2.21. The molecule has 0 unspecified atom stereocenters. The first-order valence-corrected chi connectivity index (χ1v) is 9.85. The van der Waals surface area contributed by atoms with Crippen LogP contribution in [-0.2, 0) is 4.79 Å². The molecule has 0 aliphatic rings. The summed E-state index contributed by atoms with van der Waals surface area (Å²) in [6.07, 6.45) is 26.9. The minimum absolute atomic E-state index is 0.272. The molecule has 0 spiro atoms. The average Bonchev–Trinajstić information content (AvgIpc) is 2.63. The lowest BCUT2D eigenvalue weighted by atomic mass is 10.1. The second-order valence-electron chi connectivity index (χ2n) is 6.27. The van der Waals surface area contributed by atoms with Crippen LogP contribution in [-0.4, -0.2) is 11.2 Å². The van der Waals surface area contributed by atoms with Crippen LogP contribution in [0.5, 0.6) is 0 Å². The van der Waals surface area contributed by atoms with Gasteiger partial charge in [0.1, 0.15) is 0 Å². The third-order valence-electron chi connectivity index (χ3n) is 3.95. The summed E-state index contributed by atoms with van der Waals surface area (Å²) in [7, 11) is 0. The molecule has 0 saturated heterocycles. The van der Waals surface area contributed by atoms with Gasteiger partial charge in [0.25, 0.3) is 0 Å². The van der Waals surface area contributed by atoms with E-state index in [2.05, 4.69) is 31.2 Å². The summed E-state index contributed by atoms with van der Waals surface area (Å²) in [4.78, 5) is 20.8. The van der Waals surface area contributed by atoms with Gasteiger partial charge in [-0.1, -0.05) is 62.6 Å². The predicted octanol–water partition coefficient (Wildman–Crippen LogP) is 6.63. The molecular formula is C22H34NO3. The van der Waals surface area contributed by atoms with E-state index in [1.54, 1.807) is 6.08 Å². The topological polar surface area (TPSA) is 60.2 Å². The SMILES string of the molecule is CCCCC/C=C/C/C=C/C/C=C/C/C=C(/CCCCC[C]=O)[N+](=O)[O-]. The predicted molar refractivity (Wildman–Crippen MR) is 109 cm³/mol. The molecule has 145 valence electrons. The van der Waals surface area contributed by atoms with Crippen molar-refractivity contribution in [1.82, 2.24) is 0 Å². The second-order valence-corrected chi connectivity index (χ2v) is 6.27. The van der Waals surface area contributed by atoms with E-state index >= 15 is 0 Å². The Morgan fingerprint density at radius 1 is 0.885 bits per heavy atom. The number of hydrogen-bond acceptors (Lipinski definition) is 3. The highest BCUT2D eigenvalue weighted by atomic mass is 16.6. The number of allylic oxidation sites excluding steroid dienone is 8. The van der Waals surface area contributed by atoms with Crippen LogP contribution in [0.3, 0.4) is 0 Å². The number of rotatable bonds is 17. The van der Waals surface area contributed by atoms with Crippen LogP contribution in [0, 0.1) is 10.1 Å². The van der Waals surface area contributed by atoms with E-state index in [1.807, 2.05) is 18.4 Å². The Bertz CT molecular complexity index is 476.